The van der Waals surface area contributed by atoms with Gasteiger partial charge in [-0.1, -0.05) is 29.8 Å². The van der Waals surface area contributed by atoms with Crippen LogP contribution in [0.1, 0.15) is 24.5 Å². The van der Waals surface area contributed by atoms with Gasteiger partial charge in [-0.15, -0.1) is 0 Å². The Morgan fingerprint density at radius 3 is 2.65 bits per heavy atom. The summed E-state index contributed by atoms with van der Waals surface area (Å²) in [5.41, 5.74) is 2.23. The Bertz CT molecular complexity index is 402. The second-order valence-corrected chi connectivity index (χ2v) is 4.05. The minimum atomic E-state index is -0.243. The van der Waals surface area contributed by atoms with Crippen LogP contribution in [0, 0.1) is 6.92 Å². The Balaban J connectivity index is 2.26. The molecule has 0 aliphatic carbocycles. The van der Waals surface area contributed by atoms with Crippen molar-refractivity contribution in [2.45, 2.75) is 26.8 Å². The number of ketones is 1. The predicted molar refractivity (Wildman–Crippen MR) is 66.7 cm³/mol. The molecule has 2 amide bonds. The summed E-state index contributed by atoms with van der Waals surface area (Å²) < 4.78 is 0. The van der Waals surface area contributed by atoms with E-state index in [1.54, 1.807) is 0 Å². The average molecular weight is 234 g/mol. The largest absolute Gasteiger partial charge is 0.338 e. The Kier molecular flexibility index (Phi) is 5.20. The minimum Gasteiger partial charge on any atom is -0.338 e. The normalized spacial score (nSPS) is 9.76. The second-order valence-electron chi connectivity index (χ2n) is 4.05. The highest BCUT2D eigenvalue weighted by atomic mass is 16.2. The van der Waals surface area contributed by atoms with Crippen LogP contribution in [0.4, 0.5) is 4.79 Å². The summed E-state index contributed by atoms with van der Waals surface area (Å²) >= 11 is 0. The molecule has 0 radical (unpaired) electrons. The molecule has 0 spiro atoms. The van der Waals surface area contributed by atoms with Crippen LogP contribution >= 0.6 is 0 Å². The molecular weight excluding hydrogens is 216 g/mol. The highest BCUT2D eigenvalue weighted by Crippen LogP contribution is 2.02. The first-order chi connectivity index (χ1) is 8.08. The van der Waals surface area contributed by atoms with Crippen molar-refractivity contribution in [1.82, 2.24) is 10.6 Å². The summed E-state index contributed by atoms with van der Waals surface area (Å²) in [5.74, 6) is 0.0731. The van der Waals surface area contributed by atoms with E-state index in [4.69, 9.17) is 0 Å². The van der Waals surface area contributed by atoms with E-state index in [1.807, 2.05) is 31.2 Å². The van der Waals surface area contributed by atoms with E-state index in [-0.39, 0.29) is 11.8 Å². The van der Waals surface area contributed by atoms with Crippen molar-refractivity contribution in [3.8, 4) is 0 Å². The molecule has 0 bridgehead atoms. The van der Waals surface area contributed by atoms with Gasteiger partial charge < -0.3 is 10.6 Å². The molecule has 0 aromatic heterocycles. The van der Waals surface area contributed by atoms with Crippen LogP contribution in [0.2, 0.25) is 0 Å². The first kappa shape index (κ1) is 13.2. The molecule has 4 heteroatoms. The van der Waals surface area contributed by atoms with Gasteiger partial charge in [0.15, 0.2) is 0 Å². The summed E-state index contributed by atoms with van der Waals surface area (Å²) in [6.07, 6.45) is 0.373. The van der Waals surface area contributed by atoms with Crippen molar-refractivity contribution in [3.63, 3.8) is 0 Å². The molecule has 0 unspecified atom stereocenters. The van der Waals surface area contributed by atoms with Crippen LogP contribution < -0.4 is 10.6 Å². The number of benzene rings is 1. The second kappa shape index (κ2) is 6.68. The lowest BCUT2D eigenvalue weighted by Crippen LogP contribution is -2.36. The van der Waals surface area contributed by atoms with Crippen LogP contribution in [0.25, 0.3) is 0 Å². The lowest BCUT2D eigenvalue weighted by atomic mass is 10.1. The Morgan fingerprint density at radius 1 is 1.24 bits per heavy atom. The van der Waals surface area contributed by atoms with Gasteiger partial charge in [-0.3, -0.25) is 4.79 Å². The van der Waals surface area contributed by atoms with Crippen LogP contribution in [0.15, 0.2) is 24.3 Å². The van der Waals surface area contributed by atoms with Gasteiger partial charge in [0.05, 0.1) is 0 Å². The third kappa shape index (κ3) is 5.70. The molecule has 0 atom stereocenters. The molecule has 0 heterocycles. The number of carbonyl (C=O) groups excluding carboxylic acids is 2. The number of hydrogen-bond donors (Lipinski definition) is 2. The van der Waals surface area contributed by atoms with Crippen LogP contribution in [-0.4, -0.2) is 18.4 Å². The summed E-state index contributed by atoms with van der Waals surface area (Å²) in [4.78, 5) is 22.0. The lowest BCUT2D eigenvalue weighted by molar-refractivity contribution is -0.116. The van der Waals surface area contributed by atoms with Gasteiger partial charge in [-0.05, 0) is 19.4 Å². The number of Topliss-reactive ketones (excluding diaryl/α,β-unsaturated/α-hetero) is 1. The Labute approximate surface area is 101 Å². The third-order valence-electron chi connectivity index (χ3n) is 2.30. The van der Waals surface area contributed by atoms with Crippen molar-refractivity contribution in [2.24, 2.45) is 0 Å². The molecule has 1 aromatic rings. The number of rotatable bonds is 5. The van der Waals surface area contributed by atoms with Crippen LogP contribution in [0.3, 0.4) is 0 Å². The van der Waals surface area contributed by atoms with E-state index in [2.05, 4.69) is 10.6 Å². The molecular formula is C13H18N2O2. The van der Waals surface area contributed by atoms with E-state index < -0.39 is 0 Å². The van der Waals surface area contributed by atoms with E-state index >= 15 is 0 Å². The van der Waals surface area contributed by atoms with Gasteiger partial charge in [0, 0.05) is 19.5 Å². The SMILES string of the molecule is CC(=O)CCNC(=O)NCc1cccc(C)c1. The highest BCUT2D eigenvalue weighted by molar-refractivity contribution is 5.77. The zero-order chi connectivity index (χ0) is 12.7. The summed E-state index contributed by atoms with van der Waals surface area (Å²) in [6, 6.07) is 7.71. The summed E-state index contributed by atoms with van der Waals surface area (Å²) in [6.45, 7) is 4.39. The molecule has 0 fully saturated rings. The fourth-order valence-corrected chi connectivity index (χ4v) is 1.42. The zero-order valence-corrected chi connectivity index (χ0v) is 10.2. The van der Waals surface area contributed by atoms with Crippen LogP contribution in [-0.2, 0) is 11.3 Å². The maximum atomic E-state index is 11.3. The fraction of sp³-hybridized carbons (Fsp3) is 0.385. The fourth-order valence-electron chi connectivity index (χ4n) is 1.42. The first-order valence-electron chi connectivity index (χ1n) is 5.64. The van der Waals surface area contributed by atoms with Crippen molar-refractivity contribution in [3.05, 3.63) is 35.4 Å². The smallest absolute Gasteiger partial charge is 0.315 e. The zero-order valence-electron chi connectivity index (χ0n) is 10.2. The first-order valence-corrected chi connectivity index (χ1v) is 5.64. The predicted octanol–water partition coefficient (Wildman–Crippen LogP) is 1.77. The Hall–Kier alpha value is -1.84. The molecule has 92 valence electrons. The molecule has 4 nitrogen and oxygen atoms in total. The van der Waals surface area contributed by atoms with E-state index in [0.29, 0.717) is 19.5 Å². The number of urea groups is 1. The lowest BCUT2D eigenvalue weighted by Gasteiger charge is -2.07. The molecule has 0 aliphatic heterocycles. The van der Waals surface area contributed by atoms with Gasteiger partial charge in [0.2, 0.25) is 0 Å². The molecule has 1 rings (SSSR count). The van der Waals surface area contributed by atoms with Gasteiger partial charge in [0.1, 0.15) is 5.78 Å². The van der Waals surface area contributed by atoms with Gasteiger partial charge in [-0.25, -0.2) is 4.79 Å². The number of nitrogens with one attached hydrogen (secondary N) is 2. The molecule has 0 aliphatic rings. The van der Waals surface area contributed by atoms with Crippen molar-refractivity contribution >= 4 is 11.8 Å². The standard InChI is InChI=1S/C13H18N2O2/c1-10-4-3-5-12(8-10)9-15-13(17)14-7-6-11(2)16/h3-5,8H,6-7,9H2,1-2H3,(H2,14,15,17). The Morgan fingerprint density at radius 2 is 2.00 bits per heavy atom. The number of carbonyl (C=O) groups is 2. The average Bonchev–Trinajstić information content (AvgIpc) is 2.26. The van der Waals surface area contributed by atoms with Gasteiger partial charge in [-0.2, -0.15) is 0 Å². The van der Waals surface area contributed by atoms with Crippen molar-refractivity contribution < 1.29 is 9.59 Å². The quantitative estimate of drug-likeness (QED) is 0.815. The molecule has 2 N–H and O–H groups in total. The minimum absolute atomic E-state index is 0.0731. The maximum absolute atomic E-state index is 11.3. The van der Waals surface area contributed by atoms with Crippen molar-refractivity contribution in [1.29, 1.82) is 0 Å². The number of aryl methyl sites for hydroxylation is 1. The van der Waals surface area contributed by atoms with E-state index in [1.165, 1.54) is 12.5 Å². The van der Waals surface area contributed by atoms with E-state index in [9.17, 15) is 9.59 Å². The van der Waals surface area contributed by atoms with E-state index in [0.717, 1.165) is 5.56 Å². The van der Waals surface area contributed by atoms with Crippen LogP contribution in [0.5, 0.6) is 0 Å². The molecule has 1 aromatic carbocycles. The van der Waals surface area contributed by atoms with Crippen molar-refractivity contribution in [2.75, 3.05) is 6.54 Å². The maximum Gasteiger partial charge on any atom is 0.315 e. The van der Waals surface area contributed by atoms with Gasteiger partial charge >= 0.3 is 6.03 Å². The summed E-state index contributed by atoms with van der Waals surface area (Å²) in [5, 5.41) is 5.37. The van der Waals surface area contributed by atoms with Gasteiger partial charge in [0.25, 0.3) is 0 Å². The molecule has 0 saturated carbocycles. The third-order valence-corrected chi connectivity index (χ3v) is 2.30. The summed E-state index contributed by atoms with van der Waals surface area (Å²) in [7, 11) is 0. The monoisotopic (exact) mass is 234 g/mol. The molecule has 0 saturated heterocycles. The number of hydrogen-bond acceptors (Lipinski definition) is 2. The molecule has 17 heavy (non-hydrogen) atoms. The topological polar surface area (TPSA) is 58.2 Å². The number of amides is 2. The highest BCUT2D eigenvalue weighted by Gasteiger charge is 2.00.